The normalized spacial score (nSPS) is 22.0. The van der Waals surface area contributed by atoms with E-state index in [4.69, 9.17) is 4.99 Å². The van der Waals surface area contributed by atoms with Gasteiger partial charge in [-0.2, -0.15) is 0 Å². The molecular formula is C16H24N2. The average Bonchev–Trinajstić information content (AvgIpc) is 2.41. The highest BCUT2D eigenvalue weighted by molar-refractivity contribution is 5.69. The van der Waals surface area contributed by atoms with Gasteiger partial charge in [-0.15, -0.1) is 0 Å². The van der Waals surface area contributed by atoms with Crippen molar-refractivity contribution in [1.29, 1.82) is 0 Å². The van der Waals surface area contributed by atoms with Crippen LogP contribution in [0.15, 0.2) is 35.3 Å². The summed E-state index contributed by atoms with van der Waals surface area (Å²) in [5.41, 5.74) is 1.37. The van der Waals surface area contributed by atoms with Crippen LogP contribution in [-0.2, 0) is 0 Å². The first-order valence-corrected chi connectivity index (χ1v) is 7.15. The van der Waals surface area contributed by atoms with Crippen LogP contribution in [0, 0.1) is 0 Å². The lowest BCUT2D eigenvalue weighted by Crippen LogP contribution is -2.48. The molecule has 2 heteroatoms. The van der Waals surface area contributed by atoms with Gasteiger partial charge in [0.1, 0.15) is 5.66 Å². The van der Waals surface area contributed by atoms with Gasteiger partial charge < -0.3 is 0 Å². The molecule has 1 atom stereocenters. The van der Waals surface area contributed by atoms with Crippen LogP contribution in [0.5, 0.6) is 0 Å². The lowest BCUT2D eigenvalue weighted by Gasteiger charge is -2.36. The lowest BCUT2D eigenvalue weighted by molar-refractivity contribution is 0.277. The van der Waals surface area contributed by atoms with E-state index >= 15 is 0 Å². The van der Waals surface area contributed by atoms with Crippen molar-refractivity contribution in [3.05, 3.63) is 35.9 Å². The Labute approximate surface area is 111 Å². The summed E-state index contributed by atoms with van der Waals surface area (Å²) >= 11 is 0. The molecule has 1 aliphatic heterocycles. The minimum absolute atomic E-state index is 0.00871. The third-order valence-electron chi connectivity index (χ3n) is 3.71. The van der Waals surface area contributed by atoms with Crippen LogP contribution in [0.1, 0.15) is 51.0 Å². The minimum atomic E-state index is 0.00871. The van der Waals surface area contributed by atoms with Crippen LogP contribution in [0.4, 0.5) is 0 Å². The van der Waals surface area contributed by atoms with Crippen molar-refractivity contribution < 1.29 is 0 Å². The maximum absolute atomic E-state index is 4.86. The highest BCUT2D eigenvalue weighted by Gasteiger charge is 2.30. The van der Waals surface area contributed by atoms with Crippen molar-refractivity contribution in [2.24, 2.45) is 4.99 Å². The van der Waals surface area contributed by atoms with E-state index in [1.807, 2.05) is 0 Å². The van der Waals surface area contributed by atoms with Crippen LogP contribution >= 0.6 is 0 Å². The van der Waals surface area contributed by atoms with Gasteiger partial charge in [-0.3, -0.25) is 10.3 Å². The molecule has 1 aliphatic rings. The van der Waals surface area contributed by atoms with Gasteiger partial charge in [-0.05, 0) is 18.4 Å². The number of hydrogen-bond acceptors (Lipinski definition) is 2. The van der Waals surface area contributed by atoms with E-state index in [-0.39, 0.29) is 5.66 Å². The molecule has 1 N–H and O–H groups in total. The van der Waals surface area contributed by atoms with E-state index in [2.05, 4.69) is 55.7 Å². The number of aliphatic imine (C=N–C) groups is 1. The number of hydrogen-bond donors (Lipinski definition) is 1. The Balaban J connectivity index is 2.10. The number of rotatable bonds is 5. The summed E-state index contributed by atoms with van der Waals surface area (Å²) in [6.45, 7) is 5.48. The van der Waals surface area contributed by atoms with E-state index in [0.717, 1.165) is 19.4 Å². The second-order valence-corrected chi connectivity index (χ2v) is 5.21. The van der Waals surface area contributed by atoms with E-state index in [1.54, 1.807) is 0 Å². The van der Waals surface area contributed by atoms with Crippen LogP contribution in [0.2, 0.25) is 0 Å². The zero-order valence-electron chi connectivity index (χ0n) is 11.5. The topological polar surface area (TPSA) is 24.4 Å². The van der Waals surface area contributed by atoms with Gasteiger partial charge >= 0.3 is 0 Å². The SMILES string of the molecule is CCCC1(CCC)N=CC(c2ccccc2)CN1. The molecule has 1 heterocycles. The Bertz CT molecular complexity index is 377. The maximum Gasteiger partial charge on any atom is 0.110 e. The molecule has 1 aromatic rings. The highest BCUT2D eigenvalue weighted by atomic mass is 15.2. The van der Waals surface area contributed by atoms with Gasteiger partial charge in [-0.1, -0.05) is 57.0 Å². The van der Waals surface area contributed by atoms with Crippen LogP contribution in [0.3, 0.4) is 0 Å². The molecule has 0 bridgehead atoms. The zero-order chi connectivity index (χ0) is 12.8. The second-order valence-electron chi connectivity index (χ2n) is 5.21. The molecule has 0 radical (unpaired) electrons. The first kappa shape index (κ1) is 13.3. The largest absolute Gasteiger partial charge is 0.292 e. The second kappa shape index (κ2) is 6.14. The molecule has 1 aromatic carbocycles. The zero-order valence-corrected chi connectivity index (χ0v) is 11.5. The van der Waals surface area contributed by atoms with Gasteiger partial charge in [-0.25, -0.2) is 0 Å². The van der Waals surface area contributed by atoms with E-state index in [1.165, 1.54) is 18.4 Å². The monoisotopic (exact) mass is 244 g/mol. The minimum Gasteiger partial charge on any atom is -0.292 e. The predicted molar refractivity (Wildman–Crippen MR) is 78.2 cm³/mol. The Kier molecular flexibility index (Phi) is 4.54. The molecule has 0 saturated carbocycles. The lowest BCUT2D eigenvalue weighted by atomic mass is 9.92. The van der Waals surface area contributed by atoms with Gasteiger partial charge in [0.25, 0.3) is 0 Å². The van der Waals surface area contributed by atoms with Crippen molar-refractivity contribution >= 4 is 6.21 Å². The molecule has 2 nitrogen and oxygen atoms in total. The summed E-state index contributed by atoms with van der Waals surface area (Å²) < 4.78 is 0. The van der Waals surface area contributed by atoms with E-state index in [0.29, 0.717) is 5.92 Å². The summed E-state index contributed by atoms with van der Waals surface area (Å²) in [4.78, 5) is 4.86. The van der Waals surface area contributed by atoms with E-state index < -0.39 is 0 Å². The van der Waals surface area contributed by atoms with Gasteiger partial charge in [0.15, 0.2) is 0 Å². The average molecular weight is 244 g/mol. The highest BCUT2D eigenvalue weighted by Crippen LogP contribution is 2.27. The fourth-order valence-corrected chi connectivity index (χ4v) is 2.79. The van der Waals surface area contributed by atoms with Crippen LogP contribution < -0.4 is 5.32 Å². The number of nitrogens with zero attached hydrogens (tertiary/aromatic N) is 1. The van der Waals surface area contributed by atoms with Crippen LogP contribution in [-0.4, -0.2) is 18.4 Å². The van der Waals surface area contributed by atoms with Crippen molar-refractivity contribution in [3.8, 4) is 0 Å². The number of benzene rings is 1. The molecule has 98 valence electrons. The first-order valence-electron chi connectivity index (χ1n) is 7.15. The Morgan fingerprint density at radius 3 is 2.33 bits per heavy atom. The smallest absolute Gasteiger partial charge is 0.110 e. The quantitative estimate of drug-likeness (QED) is 0.838. The predicted octanol–water partition coefficient (Wildman–Crippen LogP) is 3.74. The Morgan fingerprint density at radius 2 is 1.83 bits per heavy atom. The van der Waals surface area contributed by atoms with Gasteiger partial charge in [0.05, 0.1) is 0 Å². The third kappa shape index (κ3) is 2.99. The summed E-state index contributed by atoms with van der Waals surface area (Å²) in [5, 5.41) is 3.69. The molecule has 0 aliphatic carbocycles. The van der Waals surface area contributed by atoms with Gasteiger partial charge in [0.2, 0.25) is 0 Å². The fraction of sp³-hybridized carbons (Fsp3) is 0.562. The summed E-state index contributed by atoms with van der Waals surface area (Å²) in [6.07, 6.45) is 6.80. The molecule has 1 unspecified atom stereocenters. The molecule has 0 aromatic heterocycles. The molecule has 0 saturated heterocycles. The van der Waals surface area contributed by atoms with Crippen molar-refractivity contribution in [2.75, 3.05) is 6.54 Å². The van der Waals surface area contributed by atoms with Crippen molar-refractivity contribution in [2.45, 2.75) is 51.1 Å². The third-order valence-corrected chi connectivity index (χ3v) is 3.71. The summed E-state index contributed by atoms with van der Waals surface area (Å²) in [7, 11) is 0. The summed E-state index contributed by atoms with van der Waals surface area (Å²) in [5.74, 6) is 0.424. The van der Waals surface area contributed by atoms with Gasteiger partial charge in [0, 0.05) is 18.7 Å². The van der Waals surface area contributed by atoms with Crippen molar-refractivity contribution in [1.82, 2.24) is 5.32 Å². The number of nitrogens with one attached hydrogen (secondary N) is 1. The summed E-state index contributed by atoms with van der Waals surface area (Å²) in [6, 6.07) is 10.6. The Hall–Kier alpha value is -1.15. The Morgan fingerprint density at radius 1 is 1.17 bits per heavy atom. The molecule has 0 amide bonds. The van der Waals surface area contributed by atoms with Crippen LogP contribution in [0.25, 0.3) is 0 Å². The van der Waals surface area contributed by atoms with Crippen molar-refractivity contribution in [3.63, 3.8) is 0 Å². The first-order chi connectivity index (χ1) is 8.79. The molecule has 0 spiro atoms. The fourth-order valence-electron chi connectivity index (χ4n) is 2.79. The standard InChI is InChI=1S/C16H24N2/c1-3-10-16(11-4-2)17-12-15(13-18-16)14-8-6-5-7-9-14/h5-9,12,15,18H,3-4,10-11,13H2,1-2H3. The molecule has 18 heavy (non-hydrogen) atoms. The molecule has 2 rings (SSSR count). The maximum atomic E-state index is 4.86. The molecular weight excluding hydrogens is 220 g/mol. The molecule has 0 fully saturated rings. The van der Waals surface area contributed by atoms with E-state index in [9.17, 15) is 0 Å².